The van der Waals surface area contributed by atoms with Gasteiger partial charge < -0.3 is 20.5 Å². The van der Waals surface area contributed by atoms with Crippen molar-refractivity contribution in [1.82, 2.24) is 9.80 Å². The SMILES string of the molecule is COCC(N)C(CO)N1CCN(C)C(C)C1. The van der Waals surface area contributed by atoms with Crippen molar-refractivity contribution >= 4 is 0 Å². The van der Waals surface area contributed by atoms with Gasteiger partial charge in [-0.15, -0.1) is 0 Å². The van der Waals surface area contributed by atoms with Gasteiger partial charge in [0.05, 0.1) is 19.3 Å². The minimum absolute atomic E-state index is 0.0103. The van der Waals surface area contributed by atoms with E-state index in [-0.39, 0.29) is 18.7 Å². The van der Waals surface area contributed by atoms with Crippen LogP contribution >= 0.6 is 0 Å². The molecular weight excluding hydrogens is 206 g/mol. The van der Waals surface area contributed by atoms with E-state index in [1.807, 2.05) is 0 Å². The average molecular weight is 231 g/mol. The molecule has 0 aliphatic carbocycles. The summed E-state index contributed by atoms with van der Waals surface area (Å²) in [5.74, 6) is 0. The molecule has 0 amide bonds. The molecule has 3 N–H and O–H groups in total. The monoisotopic (exact) mass is 231 g/mol. The number of hydrogen-bond donors (Lipinski definition) is 2. The molecule has 1 rings (SSSR count). The smallest absolute Gasteiger partial charge is 0.0629 e. The van der Waals surface area contributed by atoms with E-state index in [2.05, 4.69) is 23.8 Å². The minimum Gasteiger partial charge on any atom is -0.395 e. The van der Waals surface area contributed by atoms with Crippen LogP contribution in [0.15, 0.2) is 0 Å². The van der Waals surface area contributed by atoms with Crippen molar-refractivity contribution in [2.24, 2.45) is 5.73 Å². The molecule has 0 aromatic carbocycles. The highest BCUT2D eigenvalue weighted by molar-refractivity contribution is 4.87. The molecule has 1 heterocycles. The lowest BCUT2D eigenvalue weighted by Gasteiger charge is -2.42. The van der Waals surface area contributed by atoms with E-state index in [1.165, 1.54) is 0 Å². The molecule has 0 saturated carbocycles. The first-order valence-electron chi connectivity index (χ1n) is 5.89. The normalized spacial score (nSPS) is 27.9. The van der Waals surface area contributed by atoms with Crippen molar-refractivity contribution in [2.45, 2.75) is 25.0 Å². The Kier molecular flexibility index (Phi) is 5.64. The first-order chi connectivity index (χ1) is 7.60. The van der Waals surface area contributed by atoms with Crippen LogP contribution in [0.3, 0.4) is 0 Å². The molecule has 0 bridgehead atoms. The number of rotatable bonds is 5. The maximum absolute atomic E-state index is 9.44. The minimum atomic E-state index is -0.120. The molecule has 0 spiro atoms. The van der Waals surface area contributed by atoms with Gasteiger partial charge in [0, 0.05) is 38.8 Å². The zero-order valence-electron chi connectivity index (χ0n) is 10.6. The third-order valence-corrected chi connectivity index (χ3v) is 3.50. The summed E-state index contributed by atoms with van der Waals surface area (Å²) < 4.78 is 5.05. The van der Waals surface area contributed by atoms with E-state index in [1.54, 1.807) is 7.11 Å². The lowest BCUT2D eigenvalue weighted by Crippen LogP contribution is -2.59. The van der Waals surface area contributed by atoms with E-state index in [0.717, 1.165) is 19.6 Å². The molecular formula is C11H25N3O2. The molecule has 3 unspecified atom stereocenters. The maximum Gasteiger partial charge on any atom is 0.0629 e. The molecule has 1 saturated heterocycles. The number of nitrogens with zero attached hydrogens (tertiary/aromatic N) is 2. The molecule has 1 aliphatic heterocycles. The fourth-order valence-electron chi connectivity index (χ4n) is 2.20. The Hall–Kier alpha value is -0.200. The van der Waals surface area contributed by atoms with Crippen molar-refractivity contribution in [1.29, 1.82) is 0 Å². The van der Waals surface area contributed by atoms with Gasteiger partial charge in [-0.2, -0.15) is 0 Å². The topological polar surface area (TPSA) is 62.0 Å². The van der Waals surface area contributed by atoms with E-state index in [4.69, 9.17) is 10.5 Å². The van der Waals surface area contributed by atoms with Gasteiger partial charge in [0.1, 0.15) is 0 Å². The van der Waals surface area contributed by atoms with Crippen molar-refractivity contribution in [2.75, 3.05) is 47.0 Å². The van der Waals surface area contributed by atoms with Crippen LogP contribution in [0.4, 0.5) is 0 Å². The lowest BCUT2D eigenvalue weighted by atomic mass is 10.1. The zero-order chi connectivity index (χ0) is 12.1. The summed E-state index contributed by atoms with van der Waals surface area (Å²) in [6, 6.07) is 0.402. The highest BCUT2D eigenvalue weighted by Gasteiger charge is 2.29. The van der Waals surface area contributed by atoms with Gasteiger partial charge >= 0.3 is 0 Å². The van der Waals surface area contributed by atoms with Crippen LogP contribution in [-0.4, -0.2) is 80.0 Å². The largest absolute Gasteiger partial charge is 0.395 e. The summed E-state index contributed by atoms with van der Waals surface area (Å²) in [4.78, 5) is 4.60. The summed E-state index contributed by atoms with van der Waals surface area (Å²) in [6.07, 6.45) is 0. The van der Waals surface area contributed by atoms with Gasteiger partial charge in [0.15, 0.2) is 0 Å². The first-order valence-corrected chi connectivity index (χ1v) is 5.89. The summed E-state index contributed by atoms with van der Waals surface area (Å²) in [5.41, 5.74) is 6.01. The van der Waals surface area contributed by atoms with Gasteiger partial charge in [0.2, 0.25) is 0 Å². The van der Waals surface area contributed by atoms with Gasteiger partial charge in [-0.05, 0) is 14.0 Å². The lowest BCUT2D eigenvalue weighted by molar-refractivity contribution is 0.0222. The number of nitrogens with two attached hydrogens (primary N) is 1. The molecule has 3 atom stereocenters. The van der Waals surface area contributed by atoms with Crippen LogP contribution in [0.5, 0.6) is 0 Å². The Balaban J connectivity index is 2.53. The van der Waals surface area contributed by atoms with Crippen LogP contribution in [-0.2, 0) is 4.74 Å². The summed E-state index contributed by atoms with van der Waals surface area (Å²) >= 11 is 0. The maximum atomic E-state index is 9.44. The Morgan fingerprint density at radius 3 is 2.69 bits per heavy atom. The van der Waals surface area contributed by atoms with Crippen molar-refractivity contribution < 1.29 is 9.84 Å². The number of likely N-dealkylation sites (N-methyl/N-ethyl adjacent to an activating group) is 1. The van der Waals surface area contributed by atoms with Gasteiger partial charge in [-0.1, -0.05) is 0 Å². The molecule has 96 valence electrons. The molecule has 0 aromatic rings. The van der Waals surface area contributed by atoms with Crippen molar-refractivity contribution in [3.05, 3.63) is 0 Å². The first kappa shape index (κ1) is 13.9. The quantitative estimate of drug-likeness (QED) is 0.633. The Labute approximate surface area is 98.2 Å². The molecule has 0 radical (unpaired) electrons. The second-order valence-corrected chi connectivity index (χ2v) is 4.69. The van der Waals surface area contributed by atoms with Crippen LogP contribution in [0.25, 0.3) is 0 Å². The van der Waals surface area contributed by atoms with Crippen LogP contribution in [0.2, 0.25) is 0 Å². The molecule has 1 fully saturated rings. The zero-order valence-corrected chi connectivity index (χ0v) is 10.6. The number of aliphatic hydroxyl groups excluding tert-OH is 1. The fourth-order valence-corrected chi connectivity index (χ4v) is 2.20. The number of hydrogen-bond acceptors (Lipinski definition) is 5. The van der Waals surface area contributed by atoms with E-state index in [0.29, 0.717) is 12.6 Å². The third kappa shape index (κ3) is 3.40. The number of ether oxygens (including phenoxy) is 1. The fraction of sp³-hybridized carbons (Fsp3) is 1.00. The Morgan fingerprint density at radius 2 is 2.19 bits per heavy atom. The molecule has 5 heteroatoms. The summed E-state index contributed by atoms with van der Waals surface area (Å²) in [5, 5.41) is 9.44. The standard InChI is InChI=1S/C11H25N3O2/c1-9-6-14(5-4-13(9)2)11(7-15)10(12)8-16-3/h9-11,15H,4-8,12H2,1-3H3. The van der Waals surface area contributed by atoms with Crippen LogP contribution in [0.1, 0.15) is 6.92 Å². The number of piperazine rings is 1. The van der Waals surface area contributed by atoms with Crippen molar-refractivity contribution in [3.63, 3.8) is 0 Å². The molecule has 5 nitrogen and oxygen atoms in total. The van der Waals surface area contributed by atoms with Gasteiger partial charge in [-0.3, -0.25) is 4.90 Å². The van der Waals surface area contributed by atoms with E-state index in [9.17, 15) is 5.11 Å². The van der Waals surface area contributed by atoms with Gasteiger partial charge in [-0.25, -0.2) is 0 Å². The summed E-state index contributed by atoms with van der Waals surface area (Å²) in [6.45, 7) is 5.73. The highest BCUT2D eigenvalue weighted by atomic mass is 16.5. The van der Waals surface area contributed by atoms with E-state index < -0.39 is 0 Å². The Morgan fingerprint density at radius 1 is 1.50 bits per heavy atom. The van der Waals surface area contributed by atoms with Crippen LogP contribution in [0, 0.1) is 0 Å². The van der Waals surface area contributed by atoms with Gasteiger partial charge in [0.25, 0.3) is 0 Å². The molecule has 1 aliphatic rings. The van der Waals surface area contributed by atoms with Crippen LogP contribution < -0.4 is 5.73 Å². The average Bonchev–Trinajstić information content (AvgIpc) is 2.25. The molecule has 16 heavy (non-hydrogen) atoms. The van der Waals surface area contributed by atoms with E-state index >= 15 is 0 Å². The third-order valence-electron chi connectivity index (χ3n) is 3.50. The predicted octanol–water partition coefficient (Wildman–Crippen LogP) is -1.04. The molecule has 0 aromatic heterocycles. The highest BCUT2D eigenvalue weighted by Crippen LogP contribution is 2.12. The number of methoxy groups -OCH3 is 1. The second kappa shape index (κ2) is 6.51. The second-order valence-electron chi connectivity index (χ2n) is 4.69. The van der Waals surface area contributed by atoms with Crippen molar-refractivity contribution in [3.8, 4) is 0 Å². The predicted molar refractivity (Wildman–Crippen MR) is 64.4 cm³/mol. The number of aliphatic hydroxyl groups is 1. The summed E-state index contributed by atoms with van der Waals surface area (Å²) in [7, 11) is 3.77. The Bertz CT molecular complexity index is 204.